The van der Waals surface area contributed by atoms with Gasteiger partial charge in [0.25, 0.3) is 17.4 Å². The monoisotopic (exact) mass is 537 g/mol. The van der Waals surface area contributed by atoms with Crippen molar-refractivity contribution in [2.24, 2.45) is 0 Å². The number of aliphatic hydroxyl groups is 1. The molecule has 0 aromatic heterocycles. The van der Waals surface area contributed by atoms with Gasteiger partial charge in [-0.05, 0) is 61.2 Å². The summed E-state index contributed by atoms with van der Waals surface area (Å²) in [5.74, 6) is -1.06. The molecule has 0 aliphatic carbocycles. The number of morpholine rings is 1. The summed E-state index contributed by atoms with van der Waals surface area (Å²) in [6.07, 6.45) is 2.55. The first-order valence-electron chi connectivity index (χ1n) is 13.4. The van der Waals surface area contributed by atoms with Crippen molar-refractivity contribution < 1.29 is 29.1 Å². The van der Waals surface area contributed by atoms with Crippen LogP contribution in [0, 0.1) is 17.0 Å². The van der Waals surface area contributed by atoms with Gasteiger partial charge in [0.05, 0.1) is 36.4 Å². The number of aliphatic hydroxyl groups excluding tert-OH is 1. The molecule has 10 nitrogen and oxygen atoms in total. The van der Waals surface area contributed by atoms with Crippen LogP contribution in [0.2, 0.25) is 0 Å². The molecule has 2 heterocycles. The Morgan fingerprint density at radius 3 is 2.46 bits per heavy atom. The quantitative estimate of drug-likeness (QED) is 0.113. The minimum absolute atomic E-state index is 0.0284. The highest BCUT2D eigenvalue weighted by atomic mass is 16.6. The van der Waals surface area contributed by atoms with E-state index in [1.165, 1.54) is 29.2 Å². The number of nitro benzene ring substituents is 1. The van der Waals surface area contributed by atoms with Gasteiger partial charge < -0.3 is 19.5 Å². The number of amides is 1. The standard InChI is InChI=1S/C29H35N3O7/c1-3-4-16-39-24-11-8-22(19-20(24)2)27(33)25-26(21-6-9-23(10-7-21)32(36)37)31(29(35)28(25)34)13-5-12-30-14-17-38-18-15-30/h6-11,19,26,33H,3-5,12-18H2,1-2H3/t26-/m1/s1. The summed E-state index contributed by atoms with van der Waals surface area (Å²) in [5, 5.41) is 22.6. The molecular formula is C29H35N3O7. The minimum Gasteiger partial charge on any atom is -0.507 e. The molecule has 0 radical (unpaired) electrons. The average Bonchev–Trinajstić information content (AvgIpc) is 3.19. The lowest BCUT2D eigenvalue weighted by atomic mass is 9.94. The fourth-order valence-electron chi connectivity index (χ4n) is 4.97. The first-order chi connectivity index (χ1) is 18.8. The van der Waals surface area contributed by atoms with Gasteiger partial charge in [0.2, 0.25) is 0 Å². The number of ketones is 1. The molecule has 2 fully saturated rings. The molecule has 2 aromatic carbocycles. The fourth-order valence-corrected chi connectivity index (χ4v) is 4.97. The third-order valence-electron chi connectivity index (χ3n) is 7.14. The Morgan fingerprint density at radius 1 is 1.10 bits per heavy atom. The zero-order valence-corrected chi connectivity index (χ0v) is 22.4. The number of nitro groups is 1. The number of aryl methyl sites for hydroxylation is 1. The van der Waals surface area contributed by atoms with Crippen LogP contribution in [0.15, 0.2) is 48.0 Å². The number of likely N-dealkylation sites (tertiary alicyclic amines) is 1. The first-order valence-corrected chi connectivity index (χ1v) is 13.4. The van der Waals surface area contributed by atoms with Crippen LogP contribution >= 0.6 is 0 Å². The van der Waals surface area contributed by atoms with E-state index in [2.05, 4.69) is 11.8 Å². The summed E-state index contributed by atoms with van der Waals surface area (Å²) < 4.78 is 11.2. The summed E-state index contributed by atoms with van der Waals surface area (Å²) in [6, 6.07) is 10.0. The maximum atomic E-state index is 13.3. The van der Waals surface area contributed by atoms with E-state index < -0.39 is 22.7 Å². The maximum Gasteiger partial charge on any atom is 0.295 e. The van der Waals surface area contributed by atoms with Gasteiger partial charge in [0, 0.05) is 43.9 Å². The molecule has 0 unspecified atom stereocenters. The molecule has 39 heavy (non-hydrogen) atoms. The number of non-ortho nitro benzene ring substituents is 1. The fraction of sp³-hybridized carbons (Fsp3) is 0.448. The van der Waals surface area contributed by atoms with Gasteiger partial charge in [-0.3, -0.25) is 24.6 Å². The van der Waals surface area contributed by atoms with E-state index in [0.29, 0.717) is 49.7 Å². The molecule has 0 bridgehead atoms. The number of carbonyl (C=O) groups is 2. The number of rotatable bonds is 11. The molecule has 10 heteroatoms. The van der Waals surface area contributed by atoms with Crippen LogP contribution in [-0.4, -0.2) is 77.5 Å². The Balaban J connectivity index is 1.66. The lowest BCUT2D eigenvalue weighted by Crippen LogP contribution is -2.38. The van der Waals surface area contributed by atoms with Crippen molar-refractivity contribution in [1.82, 2.24) is 9.80 Å². The predicted molar refractivity (Wildman–Crippen MR) is 146 cm³/mol. The number of nitrogens with zero attached hydrogens (tertiary/aromatic N) is 3. The van der Waals surface area contributed by atoms with E-state index in [0.717, 1.165) is 38.0 Å². The van der Waals surface area contributed by atoms with Crippen molar-refractivity contribution >= 4 is 23.1 Å². The number of hydrogen-bond donors (Lipinski definition) is 1. The molecule has 0 spiro atoms. The van der Waals surface area contributed by atoms with Gasteiger partial charge in [-0.2, -0.15) is 0 Å². The Morgan fingerprint density at radius 2 is 1.82 bits per heavy atom. The van der Waals surface area contributed by atoms with E-state index in [9.17, 15) is 24.8 Å². The van der Waals surface area contributed by atoms with Crippen LogP contribution in [0.4, 0.5) is 5.69 Å². The molecule has 2 aliphatic heterocycles. The second-order valence-electron chi connectivity index (χ2n) is 9.83. The lowest BCUT2D eigenvalue weighted by Gasteiger charge is -2.29. The minimum atomic E-state index is -0.865. The van der Waals surface area contributed by atoms with Crippen LogP contribution in [0.25, 0.3) is 5.76 Å². The Kier molecular flexibility index (Phi) is 9.32. The SMILES string of the molecule is CCCCOc1ccc(C(O)=C2C(=O)C(=O)N(CCCN3CCOCC3)[C@@H]2c2ccc([N+](=O)[O-])cc2)cc1C. The highest BCUT2D eigenvalue weighted by Gasteiger charge is 2.46. The van der Waals surface area contributed by atoms with Gasteiger partial charge in [0.15, 0.2) is 0 Å². The van der Waals surface area contributed by atoms with Crippen LogP contribution in [0.3, 0.4) is 0 Å². The van der Waals surface area contributed by atoms with Gasteiger partial charge >= 0.3 is 0 Å². The summed E-state index contributed by atoms with van der Waals surface area (Å²) in [6.45, 7) is 8.49. The van der Waals surface area contributed by atoms with Gasteiger partial charge in [-0.15, -0.1) is 0 Å². The summed E-state index contributed by atoms with van der Waals surface area (Å²) in [5.41, 5.74) is 1.58. The molecule has 0 saturated carbocycles. The van der Waals surface area contributed by atoms with E-state index in [1.54, 1.807) is 18.2 Å². The number of ether oxygens (including phenoxy) is 2. The van der Waals surface area contributed by atoms with E-state index in [-0.39, 0.29) is 17.0 Å². The third kappa shape index (κ3) is 6.46. The van der Waals surface area contributed by atoms with Crippen LogP contribution in [-0.2, 0) is 14.3 Å². The van der Waals surface area contributed by atoms with Crippen molar-refractivity contribution in [1.29, 1.82) is 0 Å². The second kappa shape index (κ2) is 12.9. The summed E-state index contributed by atoms with van der Waals surface area (Å²) in [7, 11) is 0. The molecule has 1 N–H and O–H groups in total. The topological polar surface area (TPSA) is 122 Å². The van der Waals surface area contributed by atoms with E-state index in [1.807, 2.05) is 6.92 Å². The number of carbonyl (C=O) groups excluding carboxylic acids is 2. The Labute approximate surface area is 228 Å². The molecule has 4 rings (SSSR count). The Bertz CT molecular complexity index is 1240. The molecule has 2 aliphatic rings. The second-order valence-corrected chi connectivity index (χ2v) is 9.83. The lowest BCUT2D eigenvalue weighted by molar-refractivity contribution is -0.384. The average molecular weight is 538 g/mol. The normalized spacial score (nSPS) is 19.4. The Hall–Kier alpha value is -3.76. The molecule has 208 valence electrons. The molecule has 2 saturated heterocycles. The van der Waals surface area contributed by atoms with E-state index in [4.69, 9.17) is 9.47 Å². The summed E-state index contributed by atoms with van der Waals surface area (Å²) in [4.78, 5) is 41.0. The predicted octanol–water partition coefficient (Wildman–Crippen LogP) is 4.23. The number of benzene rings is 2. The van der Waals surface area contributed by atoms with Crippen LogP contribution < -0.4 is 4.74 Å². The van der Waals surface area contributed by atoms with Crippen LogP contribution in [0.1, 0.15) is 48.9 Å². The molecule has 1 atom stereocenters. The van der Waals surface area contributed by atoms with Crippen molar-refractivity contribution in [3.05, 3.63) is 74.8 Å². The van der Waals surface area contributed by atoms with Crippen LogP contribution in [0.5, 0.6) is 5.75 Å². The molecular weight excluding hydrogens is 502 g/mol. The number of hydrogen-bond acceptors (Lipinski definition) is 8. The largest absolute Gasteiger partial charge is 0.507 e. The maximum absolute atomic E-state index is 13.3. The van der Waals surface area contributed by atoms with Gasteiger partial charge in [0.1, 0.15) is 11.5 Å². The van der Waals surface area contributed by atoms with Crippen molar-refractivity contribution in [3.8, 4) is 5.75 Å². The molecule has 1 amide bonds. The highest BCUT2D eigenvalue weighted by molar-refractivity contribution is 6.46. The first kappa shape index (κ1) is 28.3. The highest BCUT2D eigenvalue weighted by Crippen LogP contribution is 2.40. The van der Waals surface area contributed by atoms with Gasteiger partial charge in [-0.25, -0.2) is 0 Å². The number of unbranched alkanes of at least 4 members (excludes halogenated alkanes) is 1. The number of Topliss-reactive ketones (excluding diaryl/α,β-unsaturated/α-hetero) is 1. The third-order valence-corrected chi connectivity index (χ3v) is 7.14. The van der Waals surface area contributed by atoms with Crippen molar-refractivity contribution in [2.75, 3.05) is 46.0 Å². The summed E-state index contributed by atoms with van der Waals surface area (Å²) >= 11 is 0. The van der Waals surface area contributed by atoms with Crippen molar-refractivity contribution in [3.63, 3.8) is 0 Å². The van der Waals surface area contributed by atoms with E-state index >= 15 is 0 Å². The molecule has 2 aromatic rings. The zero-order valence-electron chi connectivity index (χ0n) is 22.4. The van der Waals surface area contributed by atoms with Crippen molar-refractivity contribution in [2.45, 2.75) is 39.2 Å². The van der Waals surface area contributed by atoms with Gasteiger partial charge in [-0.1, -0.05) is 13.3 Å². The zero-order chi connectivity index (χ0) is 27.9. The smallest absolute Gasteiger partial charge is 0.295 e.